The van der Waals surface area contributed by atoms with Gasteiger partial charge in [0.15, 0.2) is 0 Å². The van der Waals surface area contributed by atoms with Gasteiger partial charge in [-0.2, -0.15) is 13.2 Å². The number of esters is 1. The lowest BCUT2D eigenvalue weighted by atomic mass is 9.89. The first-order chi connectivity index (χ1) is 13.3. The molecule has 0 aliphatic heterocycles. The van der Waals surface area contributed by atoms with E-state index in [2.05, 4.69) is 0 Å². The number of ether oxygens (including phenoxy) is 1. The van der Waals surface area contributed by atoms with Gasteiger partial charge >= 0.3 is 12.1 Å². The molecular weight excluding hydrogens is 369 g/mol. The second-order valence-electron chi connectivity index (χ2n) is 6.59. The van der Waals surface area contributed by atoms with Gasteiger partial charge in [-0.25, -0.2) is 4.79 Å². The Morgan fingerprint density at radius 3 is 2.29 bits per heavy atom. The summed E-state index contributed by atoms with van der Waals surface area (Å²) in [7, 11) is 1.26. The zero-order valence-electron chi connectivity index (χ0n) is 14.7. The van der Waals surface area contributed by atoms with Crippen molar-refractivity contribution >= 4 is 5.97 Å². The Labute approximate surface area is 159 Å². The van der Waals surface area contributed by atoms with E-state index in [1.54, 1.807) is 48.5 Å². The number of alkyl halides is 3. The molecule has 4 rings (SSSR count). The van der Waals surface area contributed by atoms with Gasteiger partial charge in [0, 0.05) is 11.1 Å². The molecule has 1 unspecified atom stereocenters. The van der Waals surface area contributed by atoms with Crippen molar-refractivity contribution in [3.05, 3.63) is 83.4 Å². The summed E-state index contributed by atoms with van der Waals surface area (Å²) in [5.74, 6) is -0.540. The number of methoxy groups -OCH3 is 1. The Kier molecular flexibility index (Phi) is 4.05. The molecule has 0 bridgehead atoms. The summed E-state index contributed by atoms with van der Waals surface area (Å²) in [6, 6.07) is 17.0. The Balaban J connectivity index is 1.91. The molecule has 3 nitrogen and oxygen atoms in total. The van der Waals surface area contributed by atoms with Gasteiger partial charge in [0.1, 0.15) is 0 Å². The molecule has 1 atom stereocenters. The molecule has 0 fully saturated rings. The fraction of sp³-hybridized carbons (Fsp3) is 0.136. The van der Waals surface area contributed by atoms with E-state index < -0.39 is 17.7 Å². The van der Waals surface area contributed by atoms with Crippen LogP contribution in [0.4, 0.5) is 13.2 Å². The smallest absolute Gasteiger partial charge is 0.425 e. The third kappa shape index (κ3) is 2.52. The zero-order chi connectivity index (χ0) is 20.1. The van der Waals surface area contributed by atoms with Crippen LogP contribution in [-0.4, -0.2) is 24.4 Å². The SMILES string of the molecule is COC(=O)c1cccc(-c2ccc3c(c2)C(O)(C(F)(F)F)c2ccccc2-3)c1. The minimum Gasteiger partial charge on any atom is -0.465 e. The van der Waals surface area contributed by atoms with Crippen LogP contribution in [0.25, 0.3) is 22.3 Å². The van der Waals surface area contributed by atoms with Crippen LogP contribution in [-0.2, 0) is 10.3 Å². The van der Waals surface area contributed by atoms with Crippen LogP contribution < -0.4 is 0 Å². The number of halogens is 3. The maximum absolute atomic E-state index is 13.9. The highest BCUT2D eigenvalue weighted by atomic mass is 19.4. The van der Waals surface area contributed by atoms with Crippen molar-refractivity contribution in [3.8, 4) is 22.3 Å². The molecule has 3 aromatic rings. The molecule has 0 saturated carbocycles. The number of carbonyl (C=O) groups excluding carboxylic acids is 1. The monoisotopic (exact) mass is 384 g/mol. The van der Waals surface area contributed by atoms with E-state index >= 15 is 0 Å². The predicted octanol–water partition coefficient (Wildman–Crippen LogP) is 4.92. The molecule has 0 amide bonds. The number of hydrogen-bond donors (Lipinski definition) is 1. The van der Waals surface area contributed by atoms with E-state index in [9.17, 15) is 23.1 Å². The largest absolute Gasteiger partial charge is 0.465 e. The summed E-state index contributed by atoms with van der Waals surface area (Å²) in [5, 5.41) is 10.8. The van der Waals surface area contributed by atoms with Crippen molar-refractivity contribution in [1.29, 1.82) is 0 Å². The van der Waals surface area contributed by atoms with Crippen LogP contribution in [0.3, 0.4) is 0 Å². The molecule has 3 aromatic carbocycles. The number of hydrogen-bond acceptors (Lipinski definition) is 3. The highest BCUT2D eigenvalue weighted by Crippen LogP contribution is 2.55. The van der Waals surface area contributed by atoms with Gasteiger partial charge in [-0.1, -0.05) is 48.5 Å². The number of carbonyl (C=O) groups is 1. The summed E-state index contributed by atoms with van der Waals surface area (Å²) in [6.45, 7) is 0. The van der Waals surface area contributed by atoms with E-state index in [0.717, 1.165) is 0 Å². The van der Waals surface area contributed by atoms with E-state index in [1.807, 2.05) is 0 Å². The van der Waals surface area contributed by atoms with Crippen molar-refractivity contribution in [3.63, 3.8) is 0 Å². The molecule has 1 N–H and O–H groups in total. The van der Waals surface area contributed by atoms with Crippen LogP contribution in [0.5, 0.6) is 0 Å². The van der Waals surface area contributed by atoms with Gasteiger partial charge in [-0.15, -0.1) is 0 Å². The lowest BCUT2D eigenvalue weighted by Gasteiger charge is -2.28. The van der Waals surface area contributed by atoms with Crippen molar-refractivity contribution < 1.29 is 27.8 Å². The molecule has 142 valence electrons. The van der Waals surface area contributed by atoms with E-state index in [1.165, 1.54) is 25.3 Å². The number of fused-ring (bicyclic) bond motifs is 3. The van der Waals surface area contributed by atoms with Crippen molar-refractivity contribution in [2.45, 2.75) is 11.8 Å². The van der Waals surface area contributed by atoms with E-state index in [0.29, 0.717) is 22.3 Å². The Morgan fingerprint density at radius 2 is 1.57 bits per heavy atom. The molecule has 0 radical (unpaired) electrons. The zero-order valence-corrected chi connectivity index (χ0v) is 14.7. The van der Waals surface area contributed by atoms with Gasteiger partial charge in [-0.3, -0.25) is 0 Å². The van der Waals surface area contributed by atoms with Gasteiger partial charge in [-0.05, 0) is 40.5 Å². The summed E-state index contributed by atoms with van der Waals surface area (Å²) in [4.78, 5) is 11.8. The van der Waals surface area contributed by atoms with Gasteiger partial charge in [0.25, 0.3) is 0 Å². The van der Waals surface area contributed by atoms with Crippen molar-refractivity contribution in [2.75, 3.05) is 7.11 Å². The molecule has 0 heterocycles. The van der Waals surface area contributed by atoms with Crippen LogP contribution in [0.15, 0.2) is 66.7 Å². The Hall–Kier alpha value is -3.12. The average molecular weight is 384 g/mol. The lowest BCUT2D eigenvalue weighted by molar-refractivity contribution is -0.246. The molecule has 1 aliphatic carbocycles. The summed E-state index contributed by atoms with van der Waals surface area (Å²) < 4.78 is 46.5. The topological polar surface area (TPSA) is 46.5 Å². The van der Waals surface area contributed by atoms with Crippen LogP contribution >= 0.6 is 0 Å². The maximum atomic E-state index is 13.9. The highest BCUT2D eigenvalue weighted by molar-refractivity contribution is 5.91. The highest BCUT2D eigenvalue weighted by Gasteiger charge is 2.60. The first-order valence-corrected chi connectivity index (χ1v) is 8.49. The van der Waals surface area contributed by atoms with Crippen LogP contribution in [0, 0.1) is 0 Å². The molecule has 1 aliphatic rings. The minimum atomic E-state index is -4.89. The number of benzene rings is 3. The quantitative estimate of drug-likeness (QED) is 0.638. The fourth-order valence-electron chi connectivity index (χ4n) is 3.69. The fourth-order valence-corrected chi connectivity index (χ4v) is 3.69. The molecule has 0 saturated heterocycles. The normalized spacial score (nSPS) is 17.8. The van der Waals surface area contributed by atoms with Crippen LogP contribution in [0.1, 0.15) is 21.5 Å². The Morgan fingerprint density at radius 1 is 0.893 bits per heavy atom. The molecule has 0 spiro atoms. The van der Waals surface area contributed by atoms with E-state index in [-0.39, 0.29) is 16.7 Å². The minimum absolute atomic E-state index is 0.182. The molecule has 28 heavy (non-hydrogen) atoms. The second kappa shape index (κ2) is 6.21. The molecule has 6 heteroatoms. The third-order valence-electron chi connectivity index (χ3n) is 5.04. The number of aliphatic hydroxyl groups is 1. The first-order valence-electron chi connectivity index (χ1n) is 8.49. The molecule has 0 aromatic heterocycles. The van der Waals surface area contributed by atoms with Gasteiger partial charge < -0.3 is 9.84 Å². The summed E-state index contributed by atoms with van der Waals surface area (Å²) in [5.41, 5.74) is -1.51. The maximum Gasteiger partial charge on any atom is 0.425 e. The third-order valence-corrected chi connectivity index (χ3v) is 5.04. The van der Waals surface area contributed by atoms with E-state index in [4.69, 9.17) is 4.74 Å². The Bertz CT molecular complexity index is 1090. The average Bonchev–Trinajstić information content (AvgIpc) is 2.97. The van der Waals surface area contributed by atoms with Crippen LogP contribution in [0.2, 0.25) is 0 Å². The van der Waals surface area contributed by atoms with Crippen molar-refractivity contribution in [1.82, 2.24) is 0 Å². The summed E-state index contributed by atoms with van der Waals surface area (Å²) >= 11 is 0. The second-order valence-corrected chi connectivity index (χ2v) is 6.59. The van der Waals surface area contributed by atoms with Gasteiger partial charge in [0.05, 0.1) is 12.7 Å². The van der Waals surface area contributed by atoms with Gasteiger partial charge in [0.2, 0.25) is 5.60 Å². The first kappa shape index (κ1) is 18.3. The van der Waals surface area contributed by atoms with Crippen molar-refractivity contribution in [2.24, 2.45) is 0 Å². The predicted molar refractivity (Wildman–Crippen MR) is 97.7 cm³/mol. The lowest BCUT2D eigenvalue weighted by Crippen LogP contribution is -2.41. The summed E-state index contributed by atoms with van der Waals surface area (Å²) in [6.07, 6.45) is -4.89. The standard InChI is InChI=1S/C22H15F3O3/c1-28-20(26)15-6-4-5-13(11-15)14-9-10-17-16-7-2-3-8-18(16)21(27,19(17)12-14)22(23,24)25/h2-12,27H,1H3. The molecular formula is C22H15F3O3. The number of rotatable bonds is 2.